The van der Waals surface area contributed by atoms with Crippen molar-refractivity contribution in [2.75, 3.05) is 6.61 Å². The summed E-state index contributed by atoms with van der Waals surface area (Å²) < 4.78 is 19.8. The monoisotopic (exact) mass is 542 g/mol. The third-order valence-electron chi connectivity index (χ3n) is 6.91. The zero-order valence-electron chi connectivity index (χ0n) is 23.9. The summed E-state index contributed by atoms with van der Waals surface area (Å²) in [5.41, 5.74) is 3.17. The van der Waals surface area contributed by atoms with Crippen LogP contribution in [0.25, 0.3) is 22.2 Å². The number of ether oxygens (including phenoxy) is 3. The van der Waals surface area contributed by atoms with Gasteiger partial charge in [0.25, 0.3) is 0 Å². The Morgan fingerprint density at radius 1 is 1.05 bits per heavy atom. The molecule has 1 amide bonds. The van der Waals surface area contributed by atoms with Gasteiger partial charge in [0.2, 0.25) is 0 Å². The van der Waals surface area contributed by atoms with E-state index in [1.807, 2.05) is 100 Å². The molecule has 4 aromatic rings. The number of pyridine rings is 1. The molecule has 0 saturated carbocycles. The molecule has 2 aromatic carbocycles. The first-order chi connectivity index (χ1) is 19.1. The smallest absolute Gasteiger partial charge is 0.408 e. The van der Waals surface area contributed by atoms with Crippen molar-refractivity contribution in [3.8, 4) is 17.0 Å². The number of fused-ring (bicyclic) bond motifs is 1. The largest absolute Gasteiger partial charge is 0.487 e. The molecule has 0 aliphatic carbocycles. The highest BCUT2D eigenvalue weighted by molar-refractivity contribution is 5.92. The van der Waals surface area contributed by atoms with Crippen LogP contribution in [-0.4, -0.2) is 33.1 Å². The van der Waals surface area contributed by atoms with Gasteiger partial charge in [0.05, 0.1) is 22.1 Å². The Morgan fingerprint density at radius 2 is 1.85 bits per heavy atom. The predicted octanol–water partition coefficient (Wildman–Crippen LogP) is 7.14. The van der Waals surface area contributed by atoms with Crippen molar-refractivity contribution >= 4 is 17.0 Å². The van der Waals surface area contributed by atoms with Gasteiger partial charge in [0.1, 0.15) is 24.2 Å². The normalized spacial score (nSPS) is 16.1. The van der Waals surface area contributed by atoms with Crippen molar-refractivity contribution in [2.45, 2.75) is 77.9 Å². The number of nitrogens with zero attached hydrogens (tertiary/aromatic N) is 3. The highest BCUT2D eigenvalue weighted by atomic mass is 16.6. The second-order valence-corrected chi connectivity index (χ2v) is 11.8. The Morgan fingerprint density at radius 3 is 2.52 bits per heavy atom. The fraction of sp³-hybridized carbons (Fsp3) is 0.406. The molecular weight excluding hydrogens is 504 g/mol. The van der Waals surface area contributed by atoms with Gasteiger partial charge < -0.3 is 19.5 Å². The molecule has 1 aliphatic rings. The molecule has 1 N–H and O–H groups in total. The molecule has 40 heavy (non-hydrogen) atoms. The molecule has 0 bridgehead atoms. The minimum absolute atomic E-state index is 0.0660. The first-order valence-electron chi connectivity index (χ1n) is 13.9. The van der Waals surface area contributed by atoms with E-state index in [0.29, 0.717) is 6.61 Å². The molecule has 1 atom stereocenters. The lowest BCUT2D eigenvalue weighted by atomic mass is 9.95. The molecule has 1 unspecified atom stereocenters. The van der Waals surface area contributed by atoms with E-state index in [2.05, 4.69) is 5.32 Å². The molecule has 0 spiro atoms. The molecule has 210 valence electrons. The maximum absolute atomic E-state index is 12.4. The van der Waals surface area contributed by atoms with Crippen LogP contribution in [-0.2, 0) is 21.6 Å². The SMILES string of the molecule is CC(C)(C)OC(=O)NC(C)(C)c1ccc(-c2ccc3nn(C4CCCCO4)cc3c2OCc2ccccc2)nc1. The summed E-state index contributed by atoms with van der Waals surface area (Å²) in [6, 6.07) is 18.0. The standard InChI is InChI=1S/C32H38N4O4/c1-31(2,3)40-30(37)34-32(4,5)23-14-16-26(33-19-23)24-15-17-27-25(20-36(35-27)28-13-9-10-18-38-28)29(24)39-21-22-11-7-6-8-12-22/h6-8,11-12,14-17,19-20,28H,9-10,13,18,21H2,1-5H3,(H,34,37). The minimum Gasteiger partial charge on any atom is -0.487 e. The van der Waals surface area contributed by atoms with Gasteiger partial charge in [-0.25, -0.2) is 9.48 Å². The molecule has 0 radical (unpaired) electrons. The fourth-order valence-electron chi connectivity index (χ4n) is 4.81. The molecular formula is C32H38N4O4. The summed E-state index contributed by atoms with van der Waals surface area (Å²) in [4.78, 5) is 17.2. The van der Waals surface area contributed by atoms with Crippen LogP contribution >= 0.6 is 0 Å². The topological polar surface area (TPSA) is 87.5 Å². The van der Waals surface area contributed by atoms with Gasteiger partial charge in [-0.1, -0.05) is 36.4 Å². The van der Waals surface area contributed by atoms with Crippen LogP contribution in [0.15, 0.2) is 67.0 Å². The Labute approximate surface area is 235 Å². The predicted molar refractivity (Wildman–Crippen MR) is 155 cm³/mol. The van der Waals surface area contributed by atoms with Crippen LogP contribution in [0.4, 0.5) is 4.79 Å². The van der Waals surface area contributed by atoms with Gasteiger partial charge in [-0.15, -0.1) is 0 Å². The van der Waals surface area contributed by atoms with E-state index in [1.54, 1.807) is 6.20 Å². The molecule has 3 heterocycles. The summed E-state index contributed by atoms with van der Waals surface area (Å²) in [7, 11) is 0. The first kappa shape index (κ1) is 27.6. The van der Waals surface area contributed by atoms with E-state index in [9.17, 15) is 4.79 Å². The lowest BCUT2D eigenvalue weighted by molar-refractivity contribution is -0.0390. The maximum atomic E-state index is 12.4. The number of carbonyl (C=O) groups excluding carboxylic acids is 1. The van der Waals surface area contributed by atoms with Gasteiger partial charge in [-0.3, -0.25) is 4.98 Å². The van der Waals surface area contributed by atoms with E-state index in [-0.39, 0.29) is 6.23 Å². The number of rotatable bonds is 7. The van der Waals surface area contributed by atoms with Crippen molar-refractivity contribution in [1.29, 1.82) is 0 Å². The Hall–Kier alpha value is -3.91. The van der Waals surface area contributed by atoms with Crippen molar-refractivity contribution < 1.29 is 19.0 Å². The number of nitrogens with one attached hydrogen (secondary N) is 1. The van der Waals surface area contributed by atoms with Crippen LogP contribution in [0.1, 0.15) is 71.2 Å². The fourth-order valence-corrected chi connectivity index (χ4v) is 4.81. The van der Waals surface area contributed by atoms with Crippen LogP contribution in [0.2, 0.25) is 0 Å². The lowest BCUT2D eigenvalue weighted by Crippen LogP contribution is -2.43. The zero-order valence-corrected chi connectivity index (χ0v) is 23.9. The number of amides is 1. The number of hydrogen-bond acceptors (Lipinski definition) is 6. The van der Waals surface area contributed by atoms with Crippen LogP contribution < -0.4 is 10.1 Å². The molecule has 1 fully saturated rings. The number of carbonyl (C=O) groups is 1. The Bertz CT molecular complexity index is 1450. The molecule has 8 nitrogen and oxygen atoms in total. The van der Waals surface area contributed by atoms with Crippen molar-refractivity contribution in [2.24, 2.45) is 0 Å². The Balaban J connectivity index is 1.46. The van der Waals surface area contributed by atoms with Crippen molar-refractivity contribution in [1.82, 2.24) is 20.1 Å². The summed E-state index contributed by atoms with van der Waals surface area (Å²) in [5, 5.41) is 8.69. The highest BCUT2D eigenvalue weighted by Gasteiger charge is 2.27. The van der Waals surface area contributed by atoms with Gasteiger partial charge in [-0.2, -0.15) is 5.10 Å². The number of aromatic nitrogens is 3. The Kier molecular flexibility index (Phi) is 7.81. The minimum atomic E-state index is -0.675. The van der Waals surface area contributed by atoms with E-state index < -0.39 is 17.2 Å². The van der Waals surface area contributed by atoms with Gasteiger partial charge in [0.15, 0.2) is 0 Å². The molecule has 1 aliphatic heterocycles. The zero-order chi connectivity index (χ0) is 28.3. The van der Waals surface area contributed by atoms with E-state index in [0.717, 1.165) is 64.9 Å². The third kappa shape index (κ3) is 6.45. The van der Waals surface area contributed by atoms with Crippen LogP contribution in [0.3, 0.4) is 0 Å². The van der Waals surface area contributed by atoms with Crippen molar-refractivity contribution in [3.63, 3.8) is 0 Å². The van der Waals surface area contributed by atoms with E-state index >= 15 is 0 Å². The van der Waals surface area contributed by atoms with Gasteiger partial charge in [-0.05, 0) is 83.2 Å². The average molecular weight is 543 g/mol. The third-order valence-corrected chi connectivity index (χ3v) is 6.91. The maximum Gasteiger partial charge on any atom is 0.408 e. The van der Waals surface area contributed by atoms with Gasteiger partial charge in [0, 0.05) is 24.6 Å². The second kappa shape index (κ2) is 11.3. The number of hydrogen-bond donors (Lipinski definition) is 1. The van der Waals surface area contributed by atoms with Gasteiger partial charge >= 0.3 is 6.09 Å². The highest BCUT2D eigenvalue weighted by Crippen LogP contribution is 2.38. The lowest BCUT2D eigenvalue weighted by Gasteiger charge is -2.29. The number of benzene rings is 2. The van der Waals surface area contributed by atoms with E-state index in [4.69, 9.17) is 24.3 Å². The first-order valence-corrected chi connectivity index (χ1v) is 13.9. The summed E-state index contributed by atoms with van der Waals surface area (Å²) in [5.74, 6) is 0.731. The molecule has 1 saturated heterocycles. The second-order valence-electron chi connectivity index (χ2n) is 11.8. The summed E-state index contributed by atoms with van der Waals surface area (Å²) in [6.45, 7) is 10.6. The molecule has 2 aromatic heterocycles. The quantitative estimate of drug-likeness (QED) is 0.267. The molecule has 5 rings (SSSR count). The summed E-state index contributed by atoms with van der Waals surface area (Å²) in [6.07, 6.45) is 6.43. The number of alkyl carbamates (subject to hydrolysis) is 1. The van der Waals surface area contributed by atoms with Crippen LogP contribution in [0, 0.1) is 0 Å². The molecule has 8 heteroatoms. The summed E-state index contributed by atoms with van der Waals surface area (Å²) >= 11 is 0. The average Bonchev–Trinajstić information content (AvgIpc) is 3.36. The van der Waals surface area contributed by atoms with Crippen LogP contribution in [0.5, 0.6) is 5.75 Å². The van der Waals surface area contributed by atoms with E-state index in [1.165, 1.54) is 0 Å². The van der Waals surface area contributed by atoms with Crippen molar-refractivity contribution in [3.05, 3.63) is 78.1 Å².